The number of amides is 3. The summed E-state index contributed by atoms with van der Waals surface area (Å²) in [6.45, 7) is 1.47. The lowest BCUT2D eigenvalue weighted by Crippen LogP contribution is -2.58. The van der Waals surface area contributed by atoms with Crippen LogP contribution in [0, 0.1) is 0 Å². The summed E-state index contributed by atoms with van der Waals surface area (Å²) in [5.74, 6) is -7.66. The molecule has 33 heavy (non-hydrogen) atoms. The van der Waals surface area contributed by atoms with Gasteiger partial charge in [0.05, 0.1) is 18.9 Å². The van der Waals surface area contributed by atoms with Crippen LogP contribution in [0.15, 0.2) is 0 Å². The Morgan fingerprint density at radius 1 is 0.758 bits per heavy atom. The second-order valence-electron chi connectivity index (χ2n) is 7.27. The number of aliphatic carboxylic acids is 3. The van der Waals surface area contributed by atoms with Gasteiger partial charge in [0, 0.05) is 0 Å². The molecular weight excluding hydrogens is 446 g/mol. The number of hydrogen-bond acceptors (Lipinski definition) is 9. The Balaban J connectivity index is 5.56. The number of aliphatic hydroxyl groups is 1. The monoisotopic (exact) mass is 477 g/mol. The Labute approximate surface area is 188 Å². The Hall–Kier alpha value is -3.30. The summed E-state index contributed by atoms with van der Waals surface area (Å²) in [6, 6.07) is -6.27. The van der Waals surface area contributed by atoms with Crippen LogP contribution in [0.2, 0.25) is 0 Å². The lowest BCUT2D eigenvalue weighted by atomic mass is 10.1. The van der Waals surface area contributed by atoms with Crippen molar-refractivity contribution in [3.05, 3.63) is 0 Å². The number of rotatable bonds is 16. The van der Waals surface area contributed by atoms with E-state index in [1.54, 1.807) is 0 Å². The number of carbonyl (C=O) groups is 6. The van der Waals surface area contributed by atoms with Gasteiger partial charge >= 0.3 is 17.9 Å². The van der Waals surface area contributed by atoms with Crippen molar-refractivity contribution >= 4 is 35.6 Å². The maximum atomic E-state index is 12.6. The van der Waals surface area contributed by atoms with E-state index in [0.717, 1.165) is 0 Å². The minimum absolute atomic E-state index is 0.0326. The van der Waals surface area contributed by atoms with Gasteiger partial charge in [-0.2, -0.15) is 0 Å². The van der Waals surface area contributed by atoms with Crippen LogP contribution in [0.25, 0.3) is 0 Å². The Bertz CT molecular complexity index is 729. The van der Waals surface area contributed by atoms with E-state index in [-0.39, 0.29) is 13.0 Å². The molecule has 0 aromatic rings. The maximum Gasteiger partial charge on any atom is 0.326 e. The highest BCUT2D eigenvalue weighted by atomic mass is 16.4. The second-order valence-corrected chi connectivity index (χ2v) is 7.27. The van der Waals surface area contributed by atoms with Crippen molar-refractivity contribution in [1.82, 2.24) is 16.0 Å². The number of nitrogens with two attached hydrogens (primary N) is 2. The molecule has 11 N–H and O–H groups in total. The van der Waals surface area contributed by atoms with Crippen LogP contribution in [0.3, 0.4) is 0 Å². The number of carboxylic acids is 3. The molecule has 3 amide bonds. The van der Waals surface area contributed by atoms with Crippen molar-refractivity contribution in [2.24, 2.45) is 11.5 Å². The van der Waals surface area contributed by atoms with Crippen molar-refractivity contribution in [1.29, 1.82) is 0 Å². The summed E-state index contributed by atoms with van der Waals surface area (Å²) in [6.07, 6.45) is -2.37. The second kappa shape index (κ2) is 14.7. The van der Waals surface area contributed by atoms with E-state index in [9.17, 15) is 33.9 Å². The molecule has 5 unspecified atom stereocenters. The van der Waals surface area contributed by atoms with Crippen LogP contribution >= 0.6 is 0 Å². The number of unbranched alkanes of at least 4 members (excludes halogenated alkanes) is 1. The first-order valence-corrected chi connectivity index (χ1v) is 10.0. The fourth-order valence-corrected chi connectivity index (χ4v) is 2.55. The average molecular weight is 477 g/mol. The van der Waals surface area contributed by atoms with Crippen LogP contribution in [0.4, 0.5) is 0 Å². The third kappa shape index (κ3) is 11.8. The lowest BCUT2D eigenvalue weighted by molar-refractivity contribution is -0.147. The normalized spacial score (nSPS) is 15.3. The van der Waals surface area contributed by atoms with Crippen molar-refractivity contribution in [3.8, 4) is 0 Å². The molecule has 15 nitrogen and oxygen atoms in total. The van der Waals surface area contributed by atoms with Gasteiger partial charge in [-0.1, -0.05) is 0 Å². The molecule has 5 atom stereocenters. The van der Waals surface area contributed by atoms with Gasteiger partial charge < -0.3 is 47.8 Å². The molecule has 0 aliphatic rings. The highest BCUT2D eigenvalue weighted by Gasteiger charge is 2.32. The highest BCUT2D eigenvalue weighted by molar-refractivity contribution is 5.96. The molecule has 0 spiro atoms. The van der Waals surface area contributed by atoms with Crippen LogP contribution in [-0.2, 0) is 28.8 Å². The first-order valence-electron chi connectivity index (χ1n) is 10.0. The Morgan fingerprint density at radius 2 is 1.21 bits per heavy atom. The van der Waals surface area contributed by atoms with Crippen LogP contribution in [0.1, 0.15) is 39.0 Å². The van der Waals surface area contributed by atoms with E-state index in [2.05, 4.69) is 10.6 Å². The first kappa shape index (κ1) is 29.7. The predicted octanol–water partition coefficient (Wildman–Crippen LogP) is -3.69. The summed E-state index contributed by atoms with van der Waals surface area (Å²) >= 11 is 0. The fraction of sp³-hybridized carbons (Fsp3) is 0.667. The van der Waals surface area contributed by atoms with E-state index in [0.29, 0.717) is 12.8 Å². The summed E-state index contributed by atoms with van der Waals surface area (Å²) in [7, 11) is 0. The zero-order valence-electron chi connectivity index (χ0n) is 18.0. The third-order valence-corrected chi connectivity index (χ3v) is 4.41. The fourth-order valence-electron chi connectivity index (χ4n) is 2.55. The lowest BCUT2D eigenvalue weighted by Gasteiger charge is -2.24. The number of carbonyl (C=O) groups excluding carboxylic acids is 3. The maximum absolute atomic E-state index is 12.6. The van der Waals surface area contributed by atoms with Crippen molar-refractivity contribution in [2.75, 3.05) is 6.54 Å². The zero-order chi connectivity index (χ0) is 25.7. The van der Waals surface area contributed by atoms with E-state index >= 15 is 0 Å². The Morgan fingerprint density at radius 3 is 1.67 bits per heavy atom. The summed E-state index contributed by atoms with van der Waals surface area (Å²) in [5, 5.41) is 42.7. The summed E-state index contributed by atoms with van der Waals surface area (Å²) in [5.41, 5.74) is 10.9. The highest BCUT2D eigenvalue weighted by Crippen LogP contribution is 2.05. The topological polar surface area (TPSA) is 271 Å². The molecule has 15 heteroatoms. The molecule has 0 radical (unpaired) electrons. The predicted molar refractivity (Wildman–Crippen MR) is 110 cm³/mol. The number of hydrogen-bond donors (Lipinski definition) is 9. The van der Waals surface area contributed by atoms with Gasteiger partial charge in [-0.05, 0) is 32.7 Å². The molecule has 188 valence electrons. The minimum Gasteiger partial charge on any atom is -0.481 e. The molecule has 0 aliphatic heterocycles. The van der Waals surface area contributed by atoms with E-state index in [4.69, 9.17) is 26.8 Å². The van der Waals surface area contributed by atoms with Crippen LogP contribution in [-0.4, -0.2) is 92.9 Å². The van der Waals surface area contributed by atoms with Crippen molar-refractivity contribution in [3.63, 3.8) is 0 Å². The molecule has 0 rings (SSSR count). The summed E-state index contributed by atoms with van der Waals surface area (Å²) < 4.78 is 0. The molecule has 0 aromatic carbocycles. The van der Waals surface area contributed by atoms with E-state index in [1.165, 1.54) is 6.92 Å². The molecule has 0 heterocycles. The minimum atomic E-state index is -1.78. The van der Waals surface area contributed by atoms with E-state index in [1.807, 2.05) is 5.32 Å². The van der Waals surface area contributed by atoms with Crippen LogP contribution in [0.5, 0.6) is 0 Å². The largest absolute Gasteiger partial charge is 0.481 e. The van der Waals surface area contributed by atoms with Gasteiger partial charge in [0.15, 0.2) is 0 Å². The van der Waals surface area contributed by atoms with Gasteiger partial charge in [0.1, 0.15) is 24.2 Å². The molecular formula is C18H31N5O10. The van der Waals surface area contributed by atoms with Gasteiger partial charge in [-0.15, -0.1) is 0 Å². The molecule has 0 aliphatic carbocycles. The van der Waals surface area contributed by atoms with Gasteiger partial charge in [-0.25, -0.2) is 4.79 Å². The first-order chi connectivity index (χ1) is 15.3. The number of aliphatic hydroxyl groups excluding tert-OH is 1. The molecule has 0 saturated heterocycles. The van der Waals surface area contributed by atoms with Gasteiger partial charge in [0.2, 0.25) is 17.7 Å². The van der Waals surface area contributed by atoms with E-state index < -0.39 is 78.7 Å². The summed E-state index contributed by atoms with van der Waals surface area (Å²) in [4.78, 5) is 70.4. The number of nitrogens with one attached hydrogen (secondary N) is 3. The standard InChI is InChI=1S/C18H31N5O10/c1-8(24)14(20)17(31)22-10(6-12(25)26)16(30)21-9(4-2-3-5-19)15(29)23-11(18(32)33)7-13(27)28/h8-11,14,24H,2-7,19-20H2,1H3,(H,21,30)(H,22,31)(H,23,29)(H,25,26)(H,27,28)(H,32,33). The molecule has 0 aromatic heterocycles. The van der Waals surface area contributed by atoms with Gasteiger partial charge in [-0.3, -0.25) is 24.0 Å². The van der Waals surface area contributed by atoms with Gasteiger partial charge in [0.25, 0.3) is 0 Å². The molecule has 0 bridgehead atoms. The van der Waals surface area contributed by atoms with Crippen molar-refractivity contribution in [2.45, 2.75) is 69.3 Å². The zero-order valence-corrected chi connectivity index (χ0v) is 18.0. The van der Waals surface area contributed by atoms with Crippen molar-refractivity contribution < 1.29 is 49.2 Å². The molecule has 0 saturated carbocycles. The Kier molecular flexibility index (Phi) is 13.2. The average Bonchev–Trinajstić information content (AvgIpc) is 2.70. The number of carboxylic acid groups (broad SMARTS) is 3. The third-order valence-electron chi connectivity index (χ3n) is 4.41. The van der Waals surface area contributed by atoms with Crippen LogP contribution < -0.4 is 27.4 Å². The quantitative estimate of drug-likeness (QED) is 0.0972. The smallest absolute Gasteiger partial charge is 0.326 e. The SMILES string of the molecule is CC(O)C(N)C(=O)NC(CC(=O)O)C(=O)NC(CCCCN)C(=O)NC(CC(=O)O)C(=O)O. The molecule has 0 fully saturated rings.